The minimum Gasteiger partial charge on any atom is -0.397 e. The van der Waals surface area contributed by atoms with Crippen LogP contribution in [0.25, 0.3) is 0 Å². The van der Waals surface area contributed by atoms with E-state index in [-0.39, 0.29) is 0 Å². The van der Waals surface area contributed by atoms with E-state index >= 15 is 0 Å². The molecule has 0 aliphatic rings. The lowest BCUT2D eigenvalue weighted by atomic mass is 10.2. The summed E-state index contributed by atoms with van der Waals surface area (Å²) >= 11 is 0. The maximum absolute atomic E-state index is 8.82. The summed E-state index contributed by atoms with van der Waals surface area (Å²) in [6, 6.07) is 3.68. The average Bonchev–Trinajstić information content (AvgIpc) is 2.15. The molecule has 0 saturated heterocycles. The van der Waals surface area contributed by atoms with Gasteiger partial charge in [-0.2, -0.15) is 5.26 Å². The van der Waals surface area contributed by atoms with Crippen LogP contribution >= 0.6 is 0 Å². The topological polar surface area (TPSA) is 74.7 Å². The Morgan fingerprint density at radius 2 is 2.36 bits per heavy atom. The van der Waals surface area contributed by atoms with E-state index in [4.69, 9.17) is 11.0 Å². The van der Waals surface area contributed by atoms with Crippen molar-refractivity contribution < 1.29 is 0 Å². The van der Waals surface area contributed by atoms with Gasteiger partial charge in [-0.15, -0.1) is 0 Å². The highest BCUT2D eigenvalue weighted by molar-refractivity contribution is 5.57. The Bertz CT molecular complexity index is 352. The molecule has 0 aliphatic heterocycles. The molecular weight excluding hydrogens is 176 g/mol. The first-order valence-electron chi connectivity index (χ1n) is 4.53. The Labute approximate surface area is 83.8 Å². The fraction of sp³-hybridized carbons (Fsp3) is 0.400. The van der Waals surface area contributed by atoms with Gasteiger partial charge in [-0.1, -0.05) is 13.8 Å². The lowest BCUT2D eigenvalue weighted by molar-refractivity contribution is 0.687. The fourth-order valence-corrected chi connectivity index (χ4v) is 1.01. The van der Waals surface area contributed by atoms with E-state index in [1.807, 2.05) is 0 Å². The number of aromatic nitrogens is 1. The Kier molecular flexibility index (Phi) is 3.29. The third-order valence-corrected chi connectivity index (χ3v) is 1.71. The molecular formula is C10H14N4. The Hall–Kier alpha value is -1.76. The summed E-state index contributed by atoms with van der Waals surface area (Å²) < 4.78 is 0. The van der Waals surface area contributed by atoms with Crippen LogP contribution in [-0.4, -0.2) is 11.5 Å². The largest absolute Gasteiger partial charge is 0.397 e. The second-order valence-corrected chi connectivity index (χ2v) is 3.55. The molecule has 1 rings (SSSR count). The number of nitrogens with two attached hydrogens (primary N) is 1. The molecule has 0 atom stereocenters. The number of nitrogen functional groups attached to an aromatic ring is 1. The zero-order valence-electron chi connectivity index (χ0n) is 8.41. The van der Waals surface area contributed by atoms with Crippen molar-refractivity contribution in [3.05, 3.63) is 17.8 Å². The van der Waals surface area contributed by atoms with Crippen LogP contribution in [0.4, 0.5) is 11.5 Å². The SMILES string of the molecule is CC(C)CNc1ncc(N)cc1C#N. The summed E-state index contributed by atoms with van der Waals surface area (Å²) in [5.41, 5.74) is 6.52. The van der Waals surface area contributed by atoms with Crippen LogP contribution in [0.3, 0.4) is 0 Å². The summed E-state index contributed by atoms with van der Waals surface area (Å²) in [6.07, 6.45) is 1.55. The van der Waals surface area contributed by atoms with Crippen molar-refractivity contribution in [3.8, 4) is 6.07 Å². The lowest BCUT2D eigenvalue weighted by Crippen LogP contribution is -2.10. The van der Waals surface area contributed by atoms with Gasteiger partial charge in [0, 0.05) is 6.54 Å². The van der Waals surface area contributed by atoms with Gasteiger partial charge in [0.1, 0.15) is 11.9 Å². The normalized spacial score (nSPS) is 9.86. The number of anilines is 2. The molecule has 1 heterocycles. The molecule has 0 aliphatic carbocycles. The minimum absolute atomic E-state index is 0.491. The van der Waals surface area contributed by atoms with Crippen LogP contribution in [-0.2, 0) is 0 Å². The maximum atomic E-state index is 8.82. The molecule has 14 heavy (non-hydrogen) atoms. The van der Waals surface area contributed by atoms with E-state index in [0.29, 0.717) is 23.0 Å². The van der Waals surface area contributed by atoms with Gasteiger partial charge >= 0.3 is 0 Å². The first kappa shape index (κ1) is 10.3. The van der Waals surface area contributed by atoms with Crippen LogP contribution < -0.4 is 11.1 Å². The average molecular weight is 190 g/mol. The number of hydrogen-bond donors (Lipinski definition) is 2. The monoisotopic (exact) mass is 190 g/mol. The molecule has 0 spiro atoms. The molecule has 3 N–H and O–H groups in total. The van der Waals surface area contributed by atoms with Crippen molar-refractivity contribution in [2.75, 3.05) is 17.6 Å². The molecule has 1 aromatic rings. The summed E-state index contributed by atoms with van der Waals surface area (Å²) in [4.78, 5) is 4.06. The quantitative estimate of drug-likeness (QED) is 0.759. The maximum Gasteiger partial charge on any atom is 0.144 e. The van der Waals surface area contributed by atoms with Crippen LogP contribution in [0.5, 0.6) is 0 Å². The highest BCUT2D eigenvalue weighted by Gasteiger charge is 2.03. The number of pyridine rings is 1. The molecule has 0 aromatic carbocycles. The predicted octanol–water partition coefficient (Wildman–Crippen LogP) is 1.60. The summed E-state index contributed by atoms with van der Waals surface area (Å²) in [5, 5.41) is 11.9. The van der Waals surface area contributed by atoms with Gasteiger partial charge in [0.25, 0.3) is 0 Å². The third kappa shape index (κ3) is 2.63. The van der Waals surface area contributed by atoms with Gasteiger partial charge in [0.2, 0.25) is 0 Å². The summed E-state index contributed by atoms with van der Waals surface area (Å²) in [5.74, 6) is 1.12. The molecule has 0 bridgehead atoms. The highest BCUT2D eigenvalue weighted by atomic mass is 15.0. The van der Waals surface area contributed by atoms with E-state index in [1.54, 1.807) is 12.3 Å². The summed E-state index contributed by atoms with van der Waals surface area (Å²) in [7, 11) is 0. The Balaban J connectivity index is 2.82. The Morgan fingerprint density at radius 3 is 2.93 bits per heavy atom. The smallest absolute Gasteiger partial charge is 0.144 e. The molecule has 0 fully saturated rings. The molecule has 0 saturated carbocycles. The van der Waals surface area contributed by atoms with E-state index in [2.05, 4.69) is 30.2 Å². The number of nitriles is 1. The third-order valence-electron chi connectivity index (χ3n) is 1.71. The van der Waals surface area contributed by atoms with E-state index in [9.17, 15) is 0 Å². The van der Waals surface area contributed by atoms with E-state index in [1.165, 1.54) is 0 Å². The van der Waals surface area contributed by atoms with Crippen molar-refractivity contribution in [2.45, 2.75) is 13.8 Å². The summed E-state index contributed by atoms with van der Waals surface area (Å²) in [6.45, 7) is 4.98. The zero-order chi connectivity index (χ0) is 10.6. The van der Waals surface area contributed by atoms with Crippen LogP contribution in [0.15, 0.2) is 12.3 Å². The predicted molar refractivity (Wildman–Crippen MR) is 56.7 cm³/mol. The first-order valence-corrected chi connectivity index (χ1v) is 4.53. The number of hydrogen-bond acceptors (Lipinski definition) is 4. The van der Waals surface area contributed by atoms with Gasteiger partial charge in [-0.25, -0.2) is 4.98 Å². The van der Waals surface area contributed by atoms with Gasteiger partial charge < -0.3 is 11.1 Å². The molecule has 0 amide bonds. The fourth-order valence-electron chi connectivity index (χ4n) is 1.01. The molecule has 74 valence electrons. The van der Waals surface area contributed by atoms with Crippen molar-refractivity contribution in [3.63, 3.8) is 0 Å². The van der Waals surface area contributed by atoms with E-state index in [0.717, 1.165) is 6.54 Å². The number of nitrogens with zero attached hydrogens (tertiary/aromatic N) is 2. The molecule has 4 nitrogen and oxygen atoms in total. The van der Waals surface area contributed by atoms with Crippen molar-refractivity contribution >= 4 is 11.5 Å². The molecule has 1 aromatic heterocycles. The van der Waals surface area contributed by atoms with E-state index < -0.39 is 0 Å². The number of nitrogens with one attached hydrogen (secondary N) is 1. The first-order chi connectivity index (χ1) is 6.63. The minimum atomic E-state index is 0.491. The van der Waals surface area contributed by atoms with Gasteiger partial charge in [-0.05, 0) is 12.0 Å². The van der Waals surface area contributed by atoms with Gasteiger partial charge in [-0.3, -0.25) is 0 Å². The van der Waals surface area contributed by atoms with Crippen LogP contribution in [0.2, 0.25) is 0 Å². The van der Waals surface area contributed by atoms with Crippen molar-refractivity contribution in [1.29, 1.82) is 5.26 Å². The van der Waals surface area contributed by atoms with Crippen LogP contribution in [0.1, 0.15) is 19.4 Å². The van der Waals surface area contributed by atoms with Gasteiger partial charge in [0.15, 0.2) is 0 Å². The highest BCUT2D eigenvalue weighted by Crippen LogP contribution is 2.14. The van der Waals surface area contributed by atoms with Crippen LogP contribution in [0, 0.1) is 17.2 Å². The molecule has 0 radical (unpaired) electrons. The second kappa shape index (κ2) is 4.47. The zero-order valence-corrected chi connectivity index (χ0v) is 8.41. The lowest BCUT2D eigenvalue weighted by Gasteiger charge is -2.09. The molecule has 4 heteroatoms. The standard InChI is InChI=1S/C10H14N4/c1-7(2)5-13-10-8(4-11)3-9(12)6-14-10/h3,6-7H,5,12H2,1-2H3,(H,13,14). The second-order valence-electron chi connectivity index (χ2n) is 3.55. The van der Waals surface area contributed by atoms with Gasteiger partial charge in [0.05, 0.1) is 17.4 Å². The Morgan fingerprint density at radius 1 is 1.64 bits per heavy atom. The molecule has 0 unspecified atom stereocenters. The number of rotatable bonds is 3. The van der Waals surface area contributed by atoms with Crippen molar-refractivity contribution in [1.82, 2.24) is 4.98 Å². The van der Waals surface area contributed by atoms with Crippen molar-refractivity contribution in [2.24, 2.45) is 5.92 Å².